The van der Waals surface area contributed by atoms with Crippen LogP contribution in [0.25, 0.3) is 11.0 Å². The van der Waals surface area contributed by atoms with Crippen LogP contribution in [0, 0.1) is 3.57 Å². The third-order valence-corrected chi connectivity index (χ3v) is 3.82. The van der Waals surface area contributed by atoms with Crippen LogP contribution in [0.1, 0.15) is 18.7 Å². The maximum atomic E-state index is 5.86. The summed E-state index contributed by atoms with van der Waals surface area (Å²) in [6.07, 6.45) is 0. The van der Waals surface area contributed by atoms with Crippen molar-refractivity contribution in [2.24, 2.45) is 0 Å². The second-order valence-electron chi connectivity index (χ2n) is 4.56. The molecule has 1 N–H and O–H groups in total. The molecule has 1 aromatic heterocycles. The predicted octanol–water partition coefficient (Wildman–Crippen LogP) is 5.21. The van der Waals surface area contributed by atoms with Gasteiger partial charge in [0, 0.05) is 14.6 Å². The molecule has 0 bridgehead atoms. The van der Waals surface area contributed by atoms with Crippen molar-refractivity contribution >= 4 is 39.2 Å². The highest BCUT2D eigenvalue weighted by Crippen LogP contribution is 2.26. The fourth-order valence-electron chi connectivity index (χ4n) is 2.08. The Morgan fingerprint density at radius 1 is 1.05 bits per heavy atom. The highest BCUT2D eigenvalue weighted by Gasteiger charge is 2.11. The maximum Gasteiger partial charge on any atom is 0.134 e. The van der Waals surface area contributed by atoms with Crippen molar-refractivity contribution in [2.75, 3.05) is 5.32 Å². The summed E-state index contributed by atoms with van der Waals surface area (Å²) in [5.74, 6) is 0.958. The highest BCUT2D eigenvalue weighted by molar-refractivity contribution is 14.1. The first-order chi connectivity index (χ1) is 9.22. The quantitative estimate of drug-likeness (QED) is 0.647. The second kappa shape index (κ2) is 5.25. The Morgan fingerprint density at radius 2 is 1.79 bits per heavy atom. The van der Waals surface area contributed by atoms with Crippen LogP contribution in [0.4, 0.5) is 5.69 Å². The number of rotatable bonds is 3. The van der Waals surface area contributed by atoms with Crippen molar-refractivity contribution in [1.82, 2.24) is 0 Å². The normalized spacial score (nSPS) is 12.5. The number of furan rings is 1. The minimum absolute atomic E-state index is 0.146. The molecule has 0 fully saturated rings. The van der Waals surface area contributed by atoms with Gasteiger partial charge in [-0.05, 0) is 65.9 Å². The Labute approximate surface area is 126 Å². The first-order valence-corrected chi connectivity index (χ1v) is 7.31. The van der Waals surface area contributed by atoms with Crippen molar-refractivity contribution in [2.45, 2.75) is 13.0 Å². The molecule has 0 aliphatic rings. The largest absolute Gasteiger partial charge is 0.459 e. The van der Waals surface area contributed by atoms with E-state index in [9.17, 15) is 0 Å². The van der Waals surface area contributed by atoms with Gasteiger partial charge in [0.05, 0.1) is 6.04 Å². The molecule has 3 rings (SSSR count). The van der Waals surface area contributed by atoms with E-state index in [0.717, 1.165) is 22.4 Å². The van der Waals surface area contributed by atoms with Crippen molar-refractivity contribution in [1.29, 1.82) is 0 Å². The zero-order valence-corrected chi connectivity index (χ0v) is 12.7. The monoisotopic (exact) mass is 363 g/mol. The van der Waals surface area contributed by atoms with Gasteiger partial charge < -0.3 is 9.73 Å². The number of halogens is 1. The first kappa shape index (κ1) is 12.5. The van der Waals surface area contributed by atoms with E-state index < -0.39 is 0 Å². The molecular formula is C16H14INO. The van der Waals surface area contributed by atoms with E-state index in [-0.39, 0.29) is 6.04 Å². The van der Waals surface area contributed by atoms with Gasteiger partial charge in [0.2, 0.25) is 0 Å². The molecule has 0 aliphatic carbocycles. The topological polar surface area (TPSA) is 25.2 Å². The lowest BCUT2D eigenvalue weighted by molar-refractivity contribution is 0.526. The third kappa shape index (κ3) is 2.76. The van der Waals surface area contributed by atoms with Gasteiger partial charge in [-0.2, -0.15) is 0 Å². The van der Waals surface area contributed by atoms with Crippen molar-refractivity contribution in [3.63, 3.8) is 0 Å². The molecule has 0 spiro atoms. The van der Waals surface area contributed by atoms with Gasteiger partial charge in [-0.15, -0.1) is 0 Å². The summed E-state index contributed by atoms with van der Waals surface area (Å²) < 4.78 is 7.10. The lowest BCUT2D eigenvalue weighted by Crippen LogP contribution is -2.05. The number of para-hydroxylation sites is 1. The minimum atomic E-state index is 0.146. The molecule has 0 radical (unpaired) electrons. The number of fused-ring (bicyclic) bond motifs is 1. The predicted molar refractivity (Wildman–Crippen MR) is 87.4 cm³/mol. The van der Waals surface area contributed by atoms with Gasteiger partial charge in [-0.25, -0.2) is 0 Å². The van der Waals surface area contributed by atoms with Gasteiger partial charge in [0.15, 0.2) is 0 Å². The van der Waals surface area contributed by atoms with Crippen molar-refractivity contribution in [3.8, 4) is 0 Å². The molecule has 1 unspecified atom stereocenters. The van der Waals surface area contributed by atoms with Gasteiger partial charge in [0.1, 0.15) is 11.3 Å². The van der Waals surface area contributed by atoms with Crippen LogP contribution in [0.3, 0.4) is 0 Å². The molecule has 1 atom stereocenters. The fourth-order valence-corrected chi connectivity index (χ4v) is 2.44. The summed E-state index contributed by atoms with van der Waals surface area (Å²) in [6, 6.07) is 18.7. The Bertz CT molecular complexity index is 654. The van der Waals surface area contributed by atoms with E-state index in [4.69, 9.17) is 4.42 Å². The van der Waals surface area contributed by atoms with E-state index in [1.165, 1.54) is 3.57 Å². The van der Waals surface area contributed by atoms with Crippen molar-refractivity contribution < 1.29 is 4.42 Å². The molecule has 0 aliphatic heterocycles. The summed E-state index contributed by atoms with van der Waals surface area (Å²) in [7, 11) is 0. The first-order valence-electron chi connectivity index (χ1n) is 6.23. The maximum absolute atomic E-state index is 5.86. The molecule has 3 aromatic rings. The molecule has 2 nitrogen and oxygen atoms in total. The SMILES string of the molecule is CC(Nc1ccc(I)cc1)c1cc2ccccc2o1. The van der Waals surface area contributed by atoms with Crippen LogP contribution >= 0.6 is 22.6 Å². The standard InChI is InChI=1S/C16H14INO/c1-11(18-14-8-6-13(17)7-9-14)16-10-12-4-2-3-5-15(12)19-16/h2-11,18H,1H3. The summed E-state index contributed by atoms with van der Waals surface area (Å²) in [5.41, 5.74) is 2.04. The fraction of sp³-hybridized carbons (Fsp3) is 0.125. The smallest absolute Gasteiger partial charge is 0.134 e. The van der Waals surface area contributed by atoms with Crippen LogP contribution in [0.15, 0.2) is 59.0 Å². The Morgan fingerprint density at radius 3 is 2.53 bits per heavy atom. The lowest BCUT2D eigenvalue weighted by Gasteiger charge is -2.12. The molecule has 2 aromatic carbocycles. The van der Waals surface area contributed by atoms with Crippen LogP contribution < -0.4 is 5.32 Å². The number of anilines is 1. The van der Waals surface area contributed by atoms with Gasteiger partial charge in [-0.1, -0.05) is 18.2 Å². The van der Waals surface area contributed by atoms with E-state index in [2.05, 4.69) is 71.2 Å². The van der Waals surface area contributed by atoms with E-state index in [0.29, 0.717) is 0 Å². The van der Waals surface area contributed by atoms with Gasteiger partial charge in [0.25, 0.3) is 0 Å². The van der Waals surface area contributed by atoms with E-state index in [1.807, 2.05) is 18.2 Å². The third-order valence-electron chi connectivity index (χ3n) is 3.10. The lowest BCUT2D eigenvalue weighted by atomic mass is 10.2. The summed E-state index contributed by atoms with van der Waals surface area (Å²) in [5, 5.41) is 4.60. The highest BCUT2D eigenvalue weighted by atomic mass is 127. The average Bonchev–Trinajstić information content (AvgIpc) is 2.85. The zero-order valence-electron chi connectivity index (χ0n) is 10.6. The molecule has 1 heterocycles. The Kier molecular flexibility index (Phi) is 3.46. The zero-order chi connectivity index (χ0) is 13.2. The molecular weight excluding hydrogens is 349 g/mol. The van der Waals surface area contributed by atoms with E-state index >= 15 is 0 Å². The molecule has 96 valence electrons. The second-order valence-corrected chi connectivity index (χ2v) is 5.81. The van der Waals surface area contributed by atoms with Crippen LogP contribution in [-0.4, -0.2) is 0 Å². The molecule has 0 saturated heterocycles. The van der Waals surface area contributed by atoms with Crippen LogP contribution in [-0.2, 0) is 0 Å². The summed E-state index contributed by atoms with van der Waals surface area (Å²) in [6.45, 7) is 2.11. The van der Waals surface area contributed by atoms with E-state index in [1.54, 1.807) is 0 Å². The number of hydrogen-bond acceptors (Lipinski definition) is 2. The molecule has 19 heavy (non-hydrogen) atoms. The van der Waals surface area contributed by atoms with Crippen LogP contribution in [0.2, 0.25) is 0 Å². The van der Waals surface area contributed by atoms with Crippen molar-refractivity contribution in [3.05, 3.63) is 63.9 Å². The summed E-state index contributed by atoms with van der Waals surface area (Å²) >= 11 is 2.30. The molecule has 0 amide bonds. The number of nitrogens with one attached hydrogen (secondary N) is 1. The van der Waals surface area contributed by atoms with Gasteiger partial charge >= 0.3 is 0 Å². The van der Waals surface area contributed by atoms with Gasteiger partial charge in [-0.3, -0.25) is 0 Å². The molecule has 0 saturated carbocycles. The number of hydrogen-bond donors (Lipinski definition) is 1. The summed E-state index contributed by atoms with van der Waals surface area (Å²) in [4.78, 5) is 0. The Balaban J connectivity index is 1.83. The van der Waals surface area contributed by atoms with Crippen LogP contribution in [0.5, 0.6) is 0 Å². The number of benzene rings is 2. The average molecular weight is 363 g/mol. The Hall–Kier alpha value is -1.49. The minimum Gasteiger partial charge on any atom is -0.459 e. The molecule has 3 heteroatoms.